The van der Waals surface area contributed by atoms with Gasteiger partial charge in [0.15, 0.2) is 11.9 Å². The average molecular weight is 339 g/mol. The number of ether oxygens (including phenoxy) is 1. The van der Waals surface area contributed by atoms with Gasteiger partial charge in [0.25, 0.3) is 5.89 Å². The highest BCUT2D eigenvalue weighted by molar-refractivity contribution is 5.85. The van der Waals surface area contributed by atoms with E-state index in [0.717, 1.165) is 25.4 Å². The Kier molecular flexibility index (Phi) is 5.98. The van der Waals surface area contributed by atoms with Crippen molar-refractivity contribution in [2.24, 2.45) is 0 Å². The van der Waals surface area contributed by atoms with Crippen LogP contribution < -0.4 is 10.1 Å². The minimum atomic E-state index is -0.272. The lowest BCUT2D eigenvalue weighted by Crippen LogP contribution is -2.44. The van der Waals surface area contributed by atoms with Crippen LogP contribution in [0.25, 0.3) is 0 Å². The average Bonchev–Trinajstić information content (AvgIpc) is 3.00. The smallest absolute Gasteiger partial charge is 0.267 e. The lowest BCUT2D eigenvalue weighted by molar-refractivity contribution is 0.173. The number of aryl methyl sites for hydroxylation is 1. The number of piperazine rings is 1. The first-order valence-electron chi connectivity index (χ1n) is 7.61. The molecule has 2 atom stereocenters. The molecule has 1 aromatic carbocycles. The molecule has 0 amide bonds. The summed E-state index contributed by atoms with van der Waals surface area (Å²) in [5, 5.41) is 7.47. The molecule has 1 aliphatic heterocycles. The van der Waals surface area contributed by atoms with Crippen LogP contribution in [0.1, 0.15) is 36.3 Å². The molecule has 2 unspecified atom stereocenters. The summed E-state index contributed by atoms with van der Waals surface area (Å²) in [6, 6.07) is 8.08. The van der Waals surface area contributed by atoms with Crippen LogP contribution in [0, 0.1) is 6.92 Å². The van der Waals surface area contributed by atoms with E-state index in [-0.39, 0.29) is 24.6 Å². The van der Waals surface area contributed by atoms with Crippen LogP contribution >= 0.6 is 12.4 Å². The maximum absolute atomic E-state index is 5.86. The number of benzene rings is 1. The summed E-state index contributed by atoms with van der Waals surface area (Å²) in [4.78, 5) is 6.75. The Bertz CT molecular complexity index is 617. The molecule has 0 aliphatic carbocycles. The van der Waals surface area contributed by atoms with E-state index in [1.165, 1.54) is 5.56 Å². The second kappa shape index (κ2) is 7.77. The zero-order valence-corrected chi connectivity index (χ0v) is 14.5. The zero-order chi connectivity index (χ0) is 15.5. The number of nitrogens with one attached hydrogen (secondary N) is 1. The summed E-state index contributed by atoms with van der Waals surface area (Å²) < 4.78 is 11.2. The van der Waals surface area contributed by atoms with Crippen molar-refractivity contribution < 1.29 is 9.26 Å². The third-order valence-electron chi connectivity index (χ3n) is 3.95. The van der Waals surface area contributed by atoms with E-state index in [2.05, 4.69) is 27.4 Å². The van der Waals surface area contributed by atoms with Crippen LogP contribution in [0.3, 0.4) is 0 Å². The minimum absolute atomic E-state index is 0. The van der Waals surface area contributed by atoms with E-state index in [1.807, 2.05) is 38.1 Å². The maximum Gasteiger partial charge on any atom is 0.267 e. The van der Waals surface area contributed by atoms with Gasteiger partial charge in [-0.1, -0.05) is 22.9 Å². The van der Waals surface area contributed by atoms with E-state index >= 15 is 0 Å². The van der Waals surface area contributed by atoms with Gasteiger partial charge in [-0.15, -0.1) is 12.4 Å². The van der Waals surface area contributed by atoms with Crippen LogP contribution in [0.4, 0.5) is 0 Å². The molecule has 1 aromatic heterocycles. The van der Waals surface area contributed by atoms with Crippen molar-refractivity contribution in [1.82, 2.24) is 20.4 Å². The van der Waals surface area contributed by atoms with Crippen LogP contribution in [0.2, 0.25) is 0 Å². The van der Waals surface area contributed by atoms with Crippen molar-refractivity contribution in [3.05, 3.63) is 41.5 Å². The molecule has 2 aromatic rings. The third-order valence-corrected chi connectivity index (χ3v) is 3.95. The van der Waals surface area contributed by atoms with E-state index < -0.39 is 0 Å². The van der Waals surface area contributed by atoms with Crippen LogP contribution in [-0.2, 0) is 0 Å². The van der Waals surface area contributed by atoms with E-state index in [0.29, 0.717) is 11.7 Å². The fourth-order valence-electron chi connectivity index (χ4n) is 2.51. The van der Waals surface area contributed by atoms with Crippen molar-refractivity contribution in [2.45, 2.75) is 26.0 Å². The van der Waals surface area contributed by atoms with Gasteiger partial charge in [-0.05, 0) is 33.0 Å². The van der Waals surface area contributed by atoms with Crippen molar-refractivity contribution in [3.8, 4) is 5.75 Å². The summed E-state index contributed by atoms with van der Waals surface area (Å²) in [6.45, 7) is 6.77. The molecule has 2 heterocycles. The molecule has 1 aliphatic rings. The number of hydrogen-bond donors (Lipinski definition) is 1. The Morgan fingerprint density at radius 1 is 1.35 bits per heavy atom. The molecule has 126 valence electrons. The Balaban J connectivity index is 0.00000192. The van der Waals surface area contributed by atoms with Gasteiger partial charge in [-0.3, -0.25) is 4.90 Å². The van der Waals surface area contributed by atoms with Gasteiger partial charge in [-0.25, -0.2) is 0 Å². The Morgan fingerprint density at radius 2 is 2.09 bits per heavy atom. The zero-order valence-electron chi connectivity index (χ0n) is 13.7. The van der Waals surface area contributed by atoms with Gasteiger partial charge in [-0.2, -0.15) is 4.98 Å². The molecular weight excluding hydrogens is 316 g/mol. The number of aromatic nitrogens is 2. The van der Waals surface area contributed by atoms with Gasteiger partial charge in [0.05, 0.1) is 6.04 Å². The highest BCUT2D eigenvalue weighted by Crippen LogP contribution is 2.23. The molecule has 0 radical (unpaired) electrons. The molecule has 0 bridgehead atoms. The van der Waals surface area contributed by atoms with Crippen molar-refractivity contribution in [1.29, 1.82) is 0 Å². The fraction of sp³-hybridized carbons (Fsp3) is 0.500. The van der Waals surface area contributed by atoms with E-state index in [4.69, 9.17) is 9.26 Å². The highest BCUT2D eigenvalue weighted by Gasteiger charge is 2.26. The number of likely N-dealkylation sites (N-methyl/N-ethyl adjacent to an activating group) is 1. The van der Waals surface area contributed by atoms with Gasteiger partial charge < -0.3 is 14.6 Å². The van der Waals surface area contributed by atoms with E-state index in [9.17, 15) is 0 Å². The minimum Gasteiger partial charge on any atom is -0.481 e. The van der Waals surface area contributed by atoms with Crippen LogP contribution in [0.15, 0.2) is 28.8 Å². The van der Waals surface area contributed by atoms with Gasteiger partial charge in [0.2, 0.25) is 0 Å². The molecule has 1 N–H and O–H groups in total. The number of halogens is 1. The lowest BCUT2D eigenvalue weighted by Gasteiger charge is -2.30. The SMILES string of the molecule is Cc1ccc(OC(C)c2nc(C3CNCCN3C)no2)cc1.Cl. The summed E-state index contributed by atoms with van der Waals surface area (Å²) in [5.74, 6) is 2.02. The van der Waals surface area contributed by atoms with Crippen molar-refractivity contribution >= 4 is 12.4 Å². The topological polar surface area (TPSA) is 63.4 Å². The first-order valence-corrected chi connectivity index (χ1v) is 7.61. The lowest BCUT2D eigenvalue weighted by atomic mass is 10.2. The molecule has 7 heteroatoms. The normalized spacial score (nSPS) is 19.9. The Morgan fingerprint density at radius 3 is 2.78 bits per heavy atom. The van der Waals surface area contributed by atoms with Gasteiger partial charge in [0, 0.05) is 19.6 Å². The summed E-state index contributed by atoms with van der Waals surface area (Å²) in [7, 11) is 2.08. The molecule has 6 nitrogen and oxygen atoms in total. The summed E-state index contributed by atoms with van der Waals surface area (Å²) >= 11 is 0. The Labute approximate surface area is 142 Å². The summed E-state index contributed by atoms with van der Waals surface area (Å²) in [5.41, 5.74) is 1.20. The van der Waals surface area contributed by atoms with Crippen LogP contribution in [0.5, 0.6) is 5.75 Å². The number of rotatable bonds is 4. The maximum atomic E-state index is 5.86. The van der Waals surface area contributed by atoms with Gasteiger partial charge >= 0.3 is 0 Å². The van der Waals surface area contributed by atoms with E-state index in [1.54, 1.807) is 0 Å². The quantitative estimate of drug-likeness (QED) is 0.924. The van der Waals surface area contributed by atoms with Crippen molar-refractivity contribution in [2.75, 3.05) is 26.7 Å². The van der Waals surface area contributed by atoms with Gasteiger partial charge in [0.1, 0.15) is 5.75 Å². The molecular formula is C16H23ClN4O2. The fourth-order valence-corrected chi connectivity index (χ4v) is 2.51. The largest absolute Gasteiger partial charge is 0.481 e. The number of hydrogen-bond acceptors (Lipinski definition) is 6. The molecule has 1 saturated heterocycles. The van der Waals surface area contributed by atoms with Crippen LogP contribution in [-0.4, -0.2) is 41.7 Å². The molecule has 3 rings (SSSR count). The first-order chi connectivity index (χ1) is 10.6. The highest BCUT2D eigenvalue weighted by atomic mass is 35.5. The predicted octanol–water partition coefficient (Wildman–Crippen LogP) is 2.52. The monoisotopic (exact) mass is 338 g/mol. The Hall–Kier alpha value is -1.63. The number of nitrogens with zero attached hydrogens (tertiary/aromatic N) is 3. The summed E-state index contributed by atoms with van der Waals surface area (Å²) in [6.07, 6.45) is -0.272. The molecule has 1 fully saturated rings. The standard InChI is InChI=1S/C16H22N4O2.ClH/c1-11-4-6-13(7-5-11)21-12(2)16-18-15(19-22-16)14-10-17-8-9-20(14)3;/h4-7,12,14,17H,8-10H2,1-3H3;1H. The second-order valence-corrected chi connectivity index (χ2v) is 5.76. The predicted molar refractivity (Wildman–Crippen MR) is 90.0 cm³/mol. The molecule has 23 heavy (non-hydrogen) atoms. The second-order valence-electron chi connectivity index (χ2n) is 5.76. The third kappa shape index (κ3) is 4.22. The molecule has 0 saturated carbocycles. The van der Waals surface area contributed by atoms with Crippen molar-refractivity contribution in [3.63, 3.8) is 0 Å². The first kappa shape index (κ1) is 17.7. The molecule has 0 spiro atoms.